The first-order chi connectivity index (χ1) is 10.2. The summed E-state index contributed by atoms with van der Waals surface area (Å²) in [5.74, 6) is 0.0838. The fourth-order valence-electron chi connectivity index (χ4n) is 2.14. The third-order valence-electron chi connectivity index (χ3n) is 3.16. The molecule has 0 fully saturated rings. The molecule has 0 bridgehead atoms. The van der Waals surface area contributed by atoms with Crippen molar-refractivity contribution >= 4 is 17.7 Å². The van der Waals surface area contributed by atoms with Gasteiger partial charge < -0.3 is 9.47 Å². The van der Waals surface area contributed by atoms with E-state index in [9.17, 15) is 9.59 Å². The largest absolute Gasteiger partial charge is 0.457 e. The van der Waals surface area contributed by atoms with Crippen molar-refractivity contribution < 1.29 is 19.1 Å². The number of carbonyl (C=O) groups is 2. The summed E-state index contributed by atoms with van der Waals surface area (Å²) < 4.78 is 10.4. The van der Waals surface area contributed by atoms with Crippen LogP contribution in [0.4, 0.5) is 0 Å². The van der Waals surface area contributed by atoms with Crippen LogP contribution in [0.3, 0.4) is 0 Å². The van der Waals surface area contributed by atoms with E-state index in [1.165, 1.54) is 0 Å². The van der Waals surface area contributed by atoms with Crippen LogP contribution in [0, 0.1) is 0 Å². The van der Waals surface area contributed by atoms with Crippen LogP contribution in [0.1, 0.15) is 33.2 Å². The van der Waals surface area contributed by atoms with Gasteiger partial charge in [0.15, 0.2) is 0 Å². The molecule has 2 aromatic rings. The highest BCUT2D eigenvalue weighted by Crippen LogP contribution is 2.26. The molecule has 0 unspecified atom stereocenters. The zero-order valence-corrected chi connectivity index (χ0v) is 11.3. The Labute approximate surface area is 121 Å². The number of hydrogen-bond donors (Lipinski definition) is 0. The maximum Gasteiger partial charge on any atom is 0.346 e. The Hall–Kier alpha value is -2.88. The van der Waals surface area contributed by atoms with Crippen LogP contribution in [0.5, 0.6) is 5.75 Å². The highest BCUT2D eigenvalue weighted by atomic mass is 16.6. The minimum Gasteiger partial charge on any atom is -0.457 e. The van der Waals surface area contributed by atoms with Crippen molar-refractivity contribution in [3.05, 3.63) is 71.3 Å². The molecule has 21 heavy (non-hydrogen) atoms. The predicted octanol–water partition coefficient (Wildman–Crippen LogP) is 3.44. The number of para-hydroxylation sites is 1. The number of cyclic esters (lactones) is 2. The first-order valence-electron chi connectivity index (χ1n) is 6.49. The molecule has 2 aromatic carbocycles. The molecular formula is C17H12O4. The number of benzene rings is 2. The average Bonchev–Trinajstić information content (AvgIpc) is 2.80. The Morgan fingerprint density at radius 1 is 1.00 bits per heavy atom. The molecule has 0 spiro atoms. The van der Waals surface area contributed by atoms with E-state index in [1.54, 1.807) is 24.3 Å². The predicted molar refractivity (Wildman–Crippen MR) is 76.9 cm³/mol. The molecule has 4 nitrogen and oxygen atoms in total. The van der Waals surface area contributed by atoms with Crippen molar-refractivity contribution in [3.63, 3.8) is 0 Å². The molecule has 1 aliphatic rings. The lowest BCUT2D eigenvalue weighted by molar-refractivity contribution is 0.0444. The first kappa shape index (κ1) is 13.1. The van der Waals surface area contributed by atoms with E-state index in [4.69, 9.17) is 4.74 Å². The Morgan fingerprint density at radius 3 is 2.43 bits per heavy atom. The van der Waals surface area contributed by atoms with Gasteiger partial charge >= 0.3 is 11.9 Å². The molecule has 0 radical (unpaired) electrons. The van der Waals surface area contributed by atoms with E-state index in [2.05, 4.69) is 4.74 Å². The lowest BCUT2D eigenvalue weighted by Gasteiger charge is -2.10. The van der Waals surface area contributed by atoms with Gasteiger partial charge in [0.05, 0.1) is 11.1 Å². The number of ether oxygens (including phenoxy) is 2. The lowest BCUT2D eigenvalue weighted by Crippen LogP contribution is -1.98. The van der Waals surface area contributed by atoms with E-state index >= 15 is 0 Å². The third kappa shape index (κ3) is 2.43. The summed E-state index contributed by atoms with van der Waals surface area (Å²) in [7, 11) is 0. The van der Waals surface area contributed by atoms with E-state index in [0.29, 0.717) is 22.6 Å². The van der Waals surface area contributed by atoms with E-state index < -0.39 is 11.9 Å². The summed E-state index contributed by atoms with van der Waals surface area (Å²) >= 11 is 0. The molecule has 104 valence electrons. The molecule has 3 rings (SSSR count). The van der Waals surface area contributed by atoms with Crippen LogP contribution in [-0.2, 0) is 4.74 Å². The summed E-state index contributed by atoms with van der Waals surface area (Å²) in [6.45, 7) is 1.84. The summed E-state index contributed by atoms with van der Waals surface area (Å²) in [6, 6.07) is 14.3. The molecule has 4 heteroatoms. The second kappa shape index (κ2) is 5.25. The number of fused-ring (bicyclic) bond motifs is 1. The van der Waals surface area contributed by atoms with Gasteiger partial charge in [-0.3, -0.25) is 0 Å². The number of esters is 2. The van der Waals surface area contributed by atoms with Crippen LogP contribution in [0.2, 0.25) is 0 Å². The van der Waals surface area contributed by atoms with Crippen LogP contribution >= 0.6 is 0 Å². The maximum atomic E-state index is 11.6. The van der Waals surface area contributed by atoms with E-state index in [0.717, 1.165) is 0 Å². The second-order valence-corrected chi connectivity index (χ2v) is 4.51. The van der Waals surface area contributed by atoms with Crippen molar-refractivity contribution in [2.45, 2.75) is 6.92 Å². The SMILES string of the molecule is C/C=C(\Oc1ccccc1)c1ccc2c(c1)C(=O)OC2=O. The normalized spacial score (nSPS) is 13.9. The quantitative estimate of drug-likeness (QED) is 0.491. The van der Waals surface area contributed by atoms with Crippen molar-refractivity contribution in [2.24, 2.45) is 0 Å². The van der Waals surface area contributed by atoms with Gasteiger partial charge in [-0.1, -0.05) is 24.3 Å². The minimum absolute atomic E-state index is 0.272. The minimum atomic E-state index is -0.619. The molecule has 0 saturated carbocycles. The fraction of sp³-hybridized carbons (Fsp3) is 0.0588. The molecule has 0 N–H and O–H groups in total. The Bertz CT molecular complexity index is 745. The van der Waals surface area contributed by atoms with Crippen molar-refractivity contribution in [2.75, 3.05) is 0 Å². The average molecular weight is 280 g/mol. The van der Waals surface area contributed by atoms with Crippen LogP contribution in [-0.4, -0.2) is 11.9 Å². The Kier molecular flexibility index (Phi) is 3.28. The Balaban J connectivity index is 1.94. The van der Waals surface area contributed by atoms with Crippen LogP contribution in [0.25, 0.3) is 5.76 Å². The monoisotopic (exact) mass is 280 g/mol. The van der Waals surface area contributed by atoms with Gasteiger partial charge in [-0.15, -0.1) is 0 Å². The molecule has 0 amide bonds. The lowest BCUT2D eigenvalue weighted by atomic mass is 10.0. The van der Waals surface area contributed by atoms with Crippen molar-refractivity contribution in [1.82, 2.24) is 0 Å². The third-order valence-corrected chi connectivity index (χ3v) is 3.16. The molecule has 1 aliphatic heterocycles. The van der Waals surface area contributed by atoms with Gasteiger partial charge in [0, 0.05) is 5.56 Å². The van der Waals surface area contributed by atoms with Crippen molar-refractivity contribution in [3.8, 4) is 5.75 Å². The topological polar surface area (TPSA) is 52.6 Å². The molecule has 0 aliphatic carbocycles. The van der Waals surface area contributed by atoms with Crippen LogP contribution in [0.15, 0.2) is 54.6 Å². The van der Waals surface area contributed by atoms with Gasteiger partial charge in [-0.25, -0.2) is 9.59 Å². The van der Waals surface area contributed by atoms with Gasteiger partial charge in [-0.2, -0.15) is 0 Å². The highest BCUT2D eigenvalue weighted by Gasteiger charge is 2.30. The summed E-state index contributed by atoms with van der Waals surface area (Å²) in [4.78, 5) is 23.0. The standard InChI is InChI=1S/C17H12O4/c1-2-15(20-12-6-4-3-5-7-12)11-8-9-13-14(10-11)17(19)21-16(13)18/h2-10H,1H3/b15-2-. The second-order valence-electron chi connectivity index (χ2n) is 4.51. The zero-order chi connectivity index (χ0) is 14.8. The van der Waals surface area contributed by atoms with Crippen molar-refractivity contribution in [1.29, 1.82) is 0 Å². The van der Waals surface area contributed by atoms with Crippen LogP contribution < -0.4 is 4.74 Å². The molecule has 0 saturated heterocycles. The summed E-state index contributed by atoms with van der Waals surface area (Å²) in [5, 5.41) is 0. The Morgan fingerprint density at radius 2 is 1.71 bits per heavy atom. The van der Waals surface area contributed by atoms with E-state index in [1.807, 2.05) is 37.3 Å². The fourth-order valence-corrected chi connectivity index (χ4v) is 2.14. The number of rotatable bonds is 3. The zero-order valence-electron chi connectivity index (χ0n) is 11.3. The molecule has 0 aromatic heterocycles. The first-order valence-corrected chi connectivity index (χ1v) is 6.49. The molecule has 0 atom stereocenters. The summed E-state index contributed by atoms with van der Waals surface area (Å²) in [6.07, 6.45) is 1.80. The number of carbonyl (C=O) groups excluding carboxylic acids is 2. The smallest absolute Gasteiger partial charge is 0.346 e. The van der Waals surface area contributed by atoms with E-state index in [-0.39, 0.29) is 5.56 Å². The maximum absolute atomic E-state index is 11.6. The highest BCUT2D eigenvalue weighted by molar-refractivity contribution is 6.15. The molecular weight excluding hydrogens is 268 g/mol. The number of hydrogen-bond acceptors (Lipinski definition) is 4. The van der Waals surface area contributed by atoms with Gasteiger partial charge in [0.25, 0.3) is 0 Å². The van der Waals surface area contributed by atoms with Gasteiger partial charge in [0.2, 0.25) is 0 Å². The van der Waals surface area contributed by atoms with Gasteiger partial charge in [-0.05, 0) is 37.3 Å². The number of allylic oxidation sites excluding steroid dienone is 1. The molecule has 1 heterocycles. The summed E-state index contributed by atoms with van der Waals surface area (Å²) in [5.41, 5.74) is 1.28. The van der Waals surface area contributed by atoms with Gasteiger partial charge in [0.1, 0.15) is 11.5 Å².